The molecule has 5 rings (SSSR count). The Morgan fingerprint density at radius 2 is 1.71 bits per heavy atom. The molecule has 1 aliphatic rings. The van der Waals surface area contributed by atoms with Crippen molar-refractivity contribution in [1.82, 2.24) is 19.7 Å². The van der Waals surface area contributed by atoms with Crippen molar-refractivity contribution >= 4 is 28.6 Å². The number of hydrogen-bond acceptors (Lipinski definition) is 6. The van der Waals surface area contributed by atoms with Crippen molar-refractivity contribution in [3.05, 3.63) is 88.6 Å². The van der Waals surface area contributed by atoms with E-state index in [1.165, 1.54) is 11.1 Å². The van der Waals surface area contributed by atoms with Gasteiger partial charge in [-0.1, -0.05) is 35.9 Å². The molecule has 0 atom stereocenters. The van der Waals surface area contributed by atoms with Crippen molar-refractivity contribution in [3.8, 4) is 22.9 Å². The zero-order valence-electron chi connectivity index (χ0n) is 26.6. The first-order valence-corrected chi connectivity index (χ1v) is 15.9. The highest BCUT2D eigenvalue weighted by atomic mass is 35.5. The first-order chi connectivity index (χ1) is 21.6. The molecule has 0 spiro atoms. The van der Waals surface area contributed by atoms with Gasteiger partial charge in [-0.3, -0.25) is 9.80 Å². The molecule has 0 radical (unpaired) electrons. The fraction of sp³-hybridized carbons (Fsp3) is 0.389. The fourth-order valence-corrected chi connectivity index (χ4v) is 6.00. The third-order valence-electron chi connectivity index (χ3n) is 8.05. The highest BCUT2D eigenvalue weighted by molar-refractivity contribution is 6.31. The lowest BCUT2D eigenvalue weighted by Gasteiger charge is -2.35. The standard InChI is InChI=1S/C36H42ClN5O3/c1-36(2,3)45-35(43)39-14-7-15-42-25-32(30-12-11-29(44-4)21-28(30)22-38)31-20-26(10-13-34(31)42)23-40-16-18-41(19-17-40)24-27-8-5-6-9-33(27)37/h5-6,8-13,20-21,25H,7,14-19,23-24H2,1-4H3,(H,39,43). The quantitative estimate of drug-likeness (QED) is 0.189. The van der Waals surface area contributed by atoms with Crippen molar-refractivity contribution < 1.29 is 14.3 Å². The van der Waals surface area contributed by atoms with Gasteiger partial charge in [-0.15, -0.1) is 0 Å². The van der Waals surface area contributed by atoms with Crippen LogP contribution in [0.4, 0.5) is 4.79 Å². The molecule has 1 aromatic heterocycles. The average molecular weight is 628 g/mol. The second kappa shape index (κ2) is 14.4. The second-order valence-corrected chi connectivity index (χ2v) is 12.9. The van der Waals surface area contributed by atoms with Crippen LogP contribution in [0.15, 0.2) is 66.9 Å². The average Bonchev–Trinajstić information content (AvgIpc) is 3.37. The summed E-state index contributed by atoms with van der Waals surface area (Å²) in [6, 6.07) is 22.7. The van der Waals surface area contributed by atoms with Gasteiger partial charge in [0.25, 0.3) is 0 Å². The number of carbonyl (C=O) groups is 1. The number of nitrogens with one attached hydrogen (secondary N) is 1. The van der Waals surface area contributed by atoms with Gasteiger partial charge in [-0.05, 0) is 74.7 Å². The monoisotopic (exact) mass is 627 g/mol. The van der Waals surface area contributed by atoms with Crippen molar-refractivity contribution in [2.24, 2.45) is 0 Å². The van der Waals surface area contributed by atoms with Gasteiger partial charge in [0.2, 0.25) is 0 Å². The van der Waals surface area contributed by atoms with Gasteiger partial charge >= 0.3 is 6.09 Å². The van der Waals surface area contributed by atoms with Gasteiger partial charge in [0.05, 0.1) is 18.7 Å². The van der Waals surface area contributed by atoms with Gasteiger partial charge in [-0.25, -0.2) is 4.79 Å². The summed E-state index contributed by atoms with van der Waals surface area (Å²) in [4.78, 5) is 17.1. The summed E-state index contributed by atoms with van der Waals surface area (Å²) < 4.78 is 13.0. The lowest BCUT2D eigenvalue weighted by molar-refractivity contribution is 0.0526. The van der Waals surface area contributed by atoms with Gasteiger partial charge in [0, 0.05) is 85.6 Å². The summed E-state index contributed by atoms with van der Waals surface area (Å²) in [6.07, 6.45) is 2.45. The Morgan fingerprint density at radius 3 is 2.40 bits per heavy atom. The van der Waals surface area contributed by atoms with Crippen LogP contribution < -0.4 is 10.1 Å². The Kier molecular flexibility index (Phi) is 10.3. The minimum atomic E-state index is -0.534. The van der Waals surface area contributed by atoms with E-state index in [4.69, 9.17) is 21.1 Å². The Hall–Kier alpha value is -4.03. The maximum Gasteiger partial charge on any atom is 0.407 e. The van der Waals surface area contributed by atoms with Gasteiger partial charge in [0.1, 0.15) is 11.4 Å². The lowest BCUT2D eigenvalue weighted by atomic mass is 9.98. The number of alkyl carbamates (subject to hydrolysis) is 1. The van der Waals surface area contributed by atoms with Crippen LogP contribution in [0.1, 0.15) is 43.9 Å². The number of halogens is 1. The molecule has 1 aliphatic heterocycles. The number of aromatic nitrogens is 1. The molecule has 4 aromatic rings. The Labute approximate surface area is 271 Å². The zero-order chi connectivity index (χ0) is 32.0. The molecule has 0 bridgehead atoms. The summed E-state index contributed by atoms with van der Waals surface area (Å²) in [7, 11) is 1.61. The number of benzene rings is 3. The van der Waals surface area contributed by atoms with Gasteiger partial charge in [-0.2, -0.15) is 5.26 Å². The maximum absolute atomic E-state index is 12.1. The molecule has 1 amide bonds. The van der Waals surface area contributed by atoms with E-state index in [0.717, 1.165) is 72.7 Å². The first-order valence-electron chi connectivity index (χ1n) is 15.5. The number of piperazine rings is 1. The summed E-state index contributed by atoms with van der Waals surface area (Å²) in [5.41, 5.74) is 5.42. The van der Waals surface area contributed by atoms with E-state index in [1.54, 1.807) is 13.2 Å². The molecule has 1 saturated heterocycles. The van der Waals surface area contributed by atoms with Crippen LogP contribution in [0, 0.1) is 11.3 Å². The first kappa shape index (κ1) is 32.4. The molecule has 0 unspecified atom stereocenters. The summed E-state index contributed by atoms with van der Waals surface area (Å²) >= 11 is 6.40. The minimum absolute atomic E-state index is 0.410. The normalized spacial score (nSPS) is 14.3. The molecule has 1 N–H and O–H groups in total. The molecule has 0 saturated carbocycles. The van der Waals surface area contributed by atoms with Crippen molar-refractivity contribution in [2.75, 3.05) is 39.8 Å². The van der Waals surface area contributed by atoms with Gasteiger partial charge in [0.15, 0.2) is 0 Å². The Balaban J connectivity index is 1.33. The van der Waals surface area contributed by atoms with Crippen LogP contribution in [0.5, 0.6) is 5.75 Å². The van der Waals surface area contributed by atoms with E-state index >= 15 is 0 Å². The smallest absolute Gasteiger partial charge is 0.407 e. The molecule has 2 heterocycles. The number of nitrogens with zero attached hydrogens (tertiary/aromatic N) is 4. The highest BCUT2D eigenvalue weighted by Crippen LogP contribution is 2.35. The molecule has 236 valence electrons. The Bertz CT molecular complexity index is 1680. The summed E-state index contributed by atoms with van der Waals surface area (Å²) in [6.45, 7) is 12.4. The van der Waals surface area contributed by atoms with Crippen LogP contribution in [-0.4, -0.2) is 65.9 Å². The van der Waals surface area contributed by atoms with Crippen LogP contribution in [0.25, 0.3) is 22.0 Å². The molecule has 8 nitrogen and oxygen atoms in total. The molecule has 45 heavy (non-hydrogen) atoms. The minimum Gasteiger partial charge on any atom is -0.497 e. The van der Waals surface area contributed by atoms with Crippen molar-refractivity contribution in [3.63, 3.8) is 0 Å². The number of amides is 1. The molecular weight excluding hydrogens is 586 g/mol. The number of ether oxygens (including phenoxy) is 2. The number of carbonyl (C=O) groups excluding carboxylic acids is 1. The predicted molar refractivity (Wildman–Crippen MR) is 180 cm³/mol. The maximum atomic E-state index is 12.1. The third-order valence-corrected chi connectivity index (χ3v) is 8.42. The number of methoxy groups -OCH3 is 1. The third kappa shape index (κ3) is 8.37. The van der Waals surface area contributed by atoms with E-state index in [0.29, 0.717) is 24.4 Å². The predicted octanol–water partition coefficient (Wildman–Crippen LogP) is 7.07. The van der Waals surface area contributed by atoms with Crippen LogP contribution >= 0.6 is 11.6 Å². The van der Waals surface area contributed by atoms with E-state index < -0.39 is 11.7 Å². The number of fused-ring (bicyclic) bond motifs is 1. The molecule has 1 fully saturated rings. The van der Waals surface area contributed by atoms with Crippen molar-refractivity contribution in [1.29, 1.82) is 5.26 Å². The number of nitriles is 1. The van der Waals surface area contributed by atoms with Crippen LogP contribution in [0.3, 0.4) is 0 Å². The van der Waals surface area contributed by atoms with E-state index in [9.17, 15) is 10.1 Å². The highest BCUT2D eigenvalue weighted by Gasteiger charge is 2.20. The summed E-state index contributed by atoms with van der Waals surface area (Å²) in [5, 5.41) is 14.8. The number of aryl methyl sites for hydroxylation is 1. The number of rotatable bonds is 10. The van der Waals surface area contributed by atoms with E-state index in [-0.39, 0.29) is 0 Å². The lowest BCUT2D eigenvalue weighted by Crippen LogP contribution is -2.45. The van der Waals surface area contributed by atoms with E-state index in [1.807, 2.05) is 51.1 Å². The van der Waals surface area contributed by atoms with Crippen LogP contribution in [0.2, 0.25) is 5.02 Å². The number of hydrogen-bond donors (Lipinski definition) is 1. The van der Waals surface area contributed by atoms with Crippen LogP contribution in [-0.2, 0) is 24.4 Å². The van der Waals surface area contributed by atoms with E-state index in [2.05, 4.69) is 56.2 Å². The molecule has 9 heteroatoms. The zero-order valence-corrected chi connectivity index (χ0v) is 27.4. The van der Waals surface area contributed by atoms with Crippen molar-refractivity contribution in [2.45, 2.75) is 52.4 Å². The molecule has 0 aliphatic carbocycles. The summed E-state index contributed by atoms with van der Waals surface area (Å²) in [5.74, 6) is 0.654. The van der Waals surface area contributed by atoms with Gasteiger partial charge < -0.3 is 19.4 Å². The fourth-order valence-electron chi connectivity index (χ4n) is 5.81. The largest absolute Gasteiger partial charge is 0.497 e. The second-order valence-electron chi connectivity index (χ2n) is 12.5. The molecular formula is C36H42ClN5O3. The Morgan fingerprint density at radius 1 is 0.978 bits per heavy atom. The molecule has 3 aromatic carbocycles. The topological polar surface area (TPSA) is 82.8 Å². The SMILES string of the molecule is COc1ccc(-c2cn(CCCNC(=O)OC(C)(C)C)c3ccc(CN4CCN(Cc5ccccc5Cl)CC4)cc23)c(C#N)c1.